The second-order valence-electron chi connectivity index (χ2n) is 6.29. The molecule has 8 nitrogen and oxygen atoms in total. The van der Waals surface area contributed by atoms with Gasteiger partial charge < -0.3 is 20.3 Å². The zero-order chi connectivity index (χ0) is 24.4. The second kappa shape index (κ2) is 18.7. The zero-order valence-corrected chi connectivity index (χ0v) is 21.7. The average Bonchev–Trinajstić information content (AvgIpc) is 3.02. The molecule has 0 saturated carbocycles. The van der Waals surface area contributed by atoms with E-state index in [1.165, 1.54) is 22.7 Å². The van der Waals surface area contributed by atoms with Gasteiger partial charge in [0, 0.05) is 25.2 Å². The number of hydrogen-bond donors (Lipinski definition) is 2. The van der Waals surface area contributed by atoms with E-state index in [-0.39, 0.29) is 18.4 Å². The molecule has 1 aromatic heterocycles. The average molecular weight is 520 g/mol. The smallest absolute Gasteiger partial charge is 0.248 e. The standard InChI is InChI=1S/C16H21BrN4O3S.C3H8.C2H6O/c1-5-6-21(14(23)8-18-9-22)12(4)15(24)20-16-19-11(3)13(25-16)7-10(2)17;2*1-3-2/h7,9,12H,2-3,5-6,8H2,1,4H3,(H,18,22)(H,19,20,24);3H2,1-2H3;1-2H3/b13-7+;;. The first-order valence-electron chi connectivity index (χ1n) is 9.82. The number of methoxy groups -OCH3 is 1. The summed E-state index contributed by atoms with van der Waals surface area (Å²) in [4.78, 5) is 40.6. The normalized spacial score (nSPS) is 11.1. The van der Waals surface area contributed by atoms with Crippen LogP contribution in [0.3, 0.4) is 0 Å². The molecule has 3 amide bonds. The molecule has 1 atom stereocenters. The van der Waals surface area contributed by atoms with Crippen molar-refractivity contribution in [3.05, 3.63) is 20.9 Å². The van der Waals surface area contributed by atoms with Crippen LogP contribution in [0, 0.1) is 0 Å². The monoisotopic (exact) mass is 518 g/mol. The fraction of sp³-hybridized carbons (Fsp3) is 0.524. The van der Waals surface area contributed by atoms with E-state index in [2.05, 4.69) is 63.3 Å². The molecule has 0 saturated heterocycles. The lowest BCUT2D eigenvalue weighted by Gasteiger charge is -2.27. The number of thiazole rings is 1. The Hall–Kier alpha value is -2.04. The van der Waals surface area contributed by atoms with Crippen LogP contribution in [-0.4, -0.2) is 61.5 Å². The summed E-state index contributed by atoms with van der Waals surface area (Å²) in [6, 6.07) is -0.698. The van der Waals surface area contributed by atoms with Crippen LogP contribution < -0.4 is 20.5 Å². The van der Waals surface area contributed by atoms with Crippen molar-refractivity contribution in [3.8, 4) is 0 Å². The number of nitrogens with one attached hydrogen (secondary N) is 2. The molecule has 0 bridgehead atoms. The fourth-order valence-corrected chi connectivity index (χ4v) is 3.29. The third-order valence-corrected chi connectivity index (χ3v) is 4.40. The van der Waals surface area contributed by atoms with Crippen molar-refractivity contribution in [2.24, 2.45) is 0 Å². The summed E-state index contributed by atoms with van der Waals surface area (Å²) in [5.41, 5.74) is 0. The molecule has 0 aliphatic heterocycles. The van der Waals surface area contributed by atoms with E-state index in [1.54, 1.807) is 27.2 Å². The lowest BCUT2D eigenvalue weighted by atomic mass is 10.2. The van der Waals surface area contributed by atoms with Crippen LogP contribution in [0.1, 0.15) is 40.5 Å². The molecule has 1 aromatic rings. The molecule has 0 spiro atoms. The minimum Gasteiger partial charge on any atom is -0.388 e. The van der Waals surface area contributed by atoms with Crippen LogP contribution in [-0.2, 0) is 19.1 Å². The van der Waals surface area contributed by atoms with Gasteiger partial charge in [0.1, 0.15) is 6.04 Å². The van der Waals surface area contributed by atoms with Crippen LogP contribution >= 0.6 is 27.3 Å². The Morgan fingerprint density at radius 1 is 1.32 bits per heavy atom. The molecule has 176 valence electrons. The number of aromatic nitrogens is 1. The predicted molar refractivity (Wildman–Crippen MR) is 132 cm³/mol. The van der Waals surface area contributed by atoms with Crippen molar-refractivity contribution >= 4 is 63.3 Å². The highest BCUT2D eigenvalue weighted by atomic mass is 79.9. The summed E-state index contributed by atoms with van der Waals surface area (Å²) in [5, 5.41) is 5.96. The van der Waals surface area contributed by atoms with Gasteiger partial charge in [0.25, 0.3) is 0 Å². The zero-order valence-electron chi connectivity index (χ0n) is 19.3. The van der Waals surface area contributed by atoms with Crippen molar-refractivity contribution in [3.63, 3.8) is 0 Å². The van der Waals surface area contributed by atoms with Crippen molar-refractivity contribution < 1.29 is 19.1 Å². The Bertz CT molecular complexity index is 796. The van der Waals surface area contributed by atoms with Gasteiger partial charge in [0.15, 0.2) is 5.13 Å². The summed E-state index contributed by atoms with van der Waals surface area (Å²) in [6.45, 7) is 15.6. The Kier molecular flexibility index (Phi) is 18.8. The number of amides is 3. The molecule has 31 heavy (non-hydrogen) atoms. The molecule has 1 rings (SSSR count). The van der Waals surface area contributed by atoms with E-state index in [4.69, 9.17) is 0 Å². The van der Waals surface area contributed by atoms with Gasteiger partial charge in [-0.1, -0.05) is 67.6 Å². The summed E-state index contributed by atoms with van der Waals surface area (Å²) >= 11 is 4.51. The highest BCUT2D eigenvalue weighted by molar-refractivity contribution is 9.12. The number of nitrogens with zero attached hydrogens (tertiary/aromatic N) is 2. The second-order valence-corrected chi connectivity index (χ2v) is 8.34. The SMILES string of the molecule is C=C(Br)/C=c1/sc(NC(=O)C(C)N(CCC)C(=O)CNC=O)nc1=C.CCC.COC. The van der Waals surface area contributed by atoms with Crippen molar-refractivity contribution in [2.75, 3.05) is 32.6 Å². The minimum absolute atomic E-state index is 0.145. The van der Waals surface area contributed by atoms with Gasteiger partial charge in [0.05, 0.1) is 16.4 Å². The highest BCUT2D eigenvalue weighted by Crippen LogP contribution is 2.09. The lowest BCUT2D eigenvalue weighted by Crippen LogP contribution is -2.48. The van der Waals surface area contributed by atoms with E-state index >= 15 is 0 Å². The Morgan fingerprint density at radius 3 is 2.32 bits per heavy atom. The van der Waals surface area contributed by atoms with Crippen molar-refractivity contribution in [1.29, 1.82) is 0 Å². The number of hydrogen-bond acceptors (Lipinski definition) is 6. The Balaban J connectivity index is 0. The number of allylic oxidation sites excluding steroid dienone is 1. The summed E-state index contributed by atoms with van der Waals surface area (Å²) in [5.74, 6) is -0.677. The molecule has 0 fully saturated rings. The van der Waals surface area contributed by atoms with Gasteiger partial charge in [-0.3, -0.25) is 14.4 Å². The van der Waals surface area contributed by atoms with E-state index in [0.29, 0.717) is 34.3 Å². The van der Waals surface area contributed by atoms with Gasteiger partial charge in [-0.15, -0.1) is 0 Å². The molecule has 0 aliphatic rings. The maximum Gasteiger partial charge on any atom is 0.248 e. The van der Waals surface area contributed by atoms with Crippen LogP contribution in [0.2, 0.25) is 0 Å². The number of halogens is 1. The third-order valence-electron chi connectivity index (χ3n) is 3.21. The van der Waals surface area contributed by atoms with Gasteiger partial charge >= 0.3 is 0 Å². The van der Waals surface area contributed by atoms with E-state index in [0.717, 1.165) is 4.53 Å². The summed E-state index contributed by atoms with van der Waals surface area (Å²) < 4.78 is 5.70. The Labute approximate surface area is 197 Å². The number of carbonyl (C=O) groups excluding carboxylic acids is 3. The van der Waals surface area contributed by atoms with Gasteiger partial charge in [-0.25, -0.2) is 4.98 Å². The molecule has 1 heterocycles. The first-order valence-corrected chi connectivity index (χ1v) is 11.4. The Morgan fingerprint density at radius 2 is 1.87 bits per heavy atom. The number of rotatable bonds is 9. The molecule has 10 heteroatoms. The number of anilines is 1. The maximum absolute atomic E-state index is 12.5. The minimum atomic E-state index is -0.698. The number of carbonyl (C=O) groups is 3. The molecular formula is C21H35BrN4O4S. The molecule has 2 N–H and O–H groups in total. The van der Waals surface area contributed by atoms with E-state index in [1.807, 2.05) is 6.92 Å². The third kappa shape index (κ3) is 13.8. The largest absolute Gasteiger partial charge is 0.388 e. The van der Waals surface area contributed by atoms with Crippen LogP contribution in [0.4, 0.5) is 5.13 Å². The first kappa shape index (κ1) is 31.1. The lowest BCUT2D eigenvalue weighted by molar-refractivity contribution is -0.137. The van der Waals surface area contributed by atoms with Gasteiger partial charge in [-0.2, -0.15) is 0 Å². The topological polar surface area (TPSA) is 101 Å². The highest BCUT2D eigenvalue weighted by Gasteiger charge is 2.25. The fourth-order valence-electron chi connectivity index (χ4n) is 2.03. The molecule has 0 aliphatic carbocycles. The summed E-state index contributed by atoms with van der Waals surface area (Å²) in [7, 11) is 3.25. The molecule has 0 aromatic carbocycles. The maximum atomic E-state index is 12.5. The molecule has 0 radical (unpaired) electrons. The van der Waals surface area contributed by atoms with Crippen molar-refractivity contribution in [2.45, 2.75) is 46.6 Å². The molecule has 1 unspecified atom stereocenters. The number of ether oxygens (including phenoxy) is 1. The molecular weight excluding hydrogens is 484 g/mol. The van der Waals surface area contributed by atoms with Crippen LogP contribution in [0.25, 0.3) is 12.7 Å². The predicted octanol–water partition coefficient (Wildman–Crippen LogP) is 2.23. The van der Waals surface area contributed by atoms with Gasteiger partial charge in [-0.05, 0) is 19.4 Å². The summed E-state index contributed by atoms with van der Waals surface area (Å²) in [6.07, 6.45) is 4.15. The van der Waals surface area contributed by atoms with Crippen LogP contribution in [0.15, 0.2) is 11.1 Å². The van der Waals surface area contributed by atoms with E-state index < -0.39 is 6.04 Å². The van der Waals surface area contributed by atoms with Crippen LogP contribution in [0.5, 0.6) is 0 Å². The quantitative estimate of drug-likeness (QED) is 0.488. The van der Waals surface area contributed by atoms with E-state index in [9.17, 15) is 14.4 Å². The van der Waals surface area contributed by atoms with Crippen molar-refractivity contribution in [1.82, 2.24) is 15.2 Å². The first-order chi connectivity index (χ1) is 14.6. The van der Waals surface area contributed by atoms with Gasteiger partial charge in [0.2, 0.25) is 18.2 Å².